The first-order valence-electron chi connectivity index (χ1n) is 24.4. The van der Waals surface area contributed by atoms with Crippen LogP contribution in [0.3, 0.4) is 0 Å². The van der Waals surface area contributed by atoms with Crippen molar-refractivity contribution in [3.63, 3.8) is 0 Å². The molecule has 0 atom stereocenters. The molecule has 438 valence electrons. The van der Waals surface area contributed by atoms with Crippen molar-refractivity contribution in [2.75, 3.05) is 27.8 Å². The SMILES string of the molecule is CCc1c(-c2cc(Nc3ccc(C(F)(F)F)nn3)c(=O)n(C)c2)ccnc1N1CCn2c(cc3c2CC(C)(C)C3)C1=O.Cn1cc(Br)cc(Br)c1=O.Cn1cc(Br)cc(Nc2ccc(C(F)(F)F)nn2)c1=O.Nc1ccc(C(F)(F)F)nn1. The van der Waals surface area contributed by atoms with Crippen molar-refractivity contribution >= 4 is 88.3 Å². The zero-order chi connectivity index (χ0) is 61.1. The van der Waals surface area contributed by atoms with Crippen LogP contribution in [0.25, 0.3) is 11.1 Å². The highest BCUT2D eigenvalue weighted by atomic mass is 79.9. The summed E-state index contributed by atoms with van der Waals surface area (Å²) in [6.07, 6.45) is -4.53. The van der Waals surface area contributed by atoms with E-state index in [1.54, 1.807) is 63.0 Å². The molecule has 0 unspecified atom stereocenters. The van der Waals surface area contributed by atoms with Gasteiger partial charge in [0.15, 0.2) is 28.7 Å². The maximum Gasteiger partial charge on any atom is 0.435 e. The fourth-order valence-corrected chi connectivity index (χ4v) is 10.6. The van der Waals surface area contributed by atoms with Crippen LogP contribution in [-0.2, 0) is 65.5 Å². The van der Waals surface area contributed by atoms with Gasteiger partial charge in [0.1, 0.15) is 28.7 Å². The number of nitrogens with zero attached hydrogens (tertiary/aromatic N) is 12. The van der Waals surface area contributed by atoms with Gasteiger partial charge in [-0.1, -0.05) is 20.8 Å². The molecule has 1 aliphatic carbocycles. The van der Waals surface area contributed by atoms with E-state index >= 15 is 0 Å². The summed E-state index contributed by atoms with van der Waals surface area (Å²) in [6, 6.07) is 14.4. The van der Waals surface area contributed by atoms with E-state index < -0.39 is 41.2 Å². The number of nitrogens with two attached hydrogens (primary N) is 1. The van der Waals surface area contributed by atoms with E-state index in [4.69, 9.17) is 5.73 Å². The Morgan fingerprint density at radius 2 is 1.12 bits per heavy atom. The summed E-state index contributed by atoms with van der Waals surface area (Å²) in [4.78, 5) is 55.9. The van der Waals surface area contributed by atoms with Crippen molar-refractivity contribution in [2.24, 2.45) is 26.6 Å². The lowest BCUT2D eigenvalue weighted by Gasteiger charge is -2.31. The van der Waals surface area contributed by atoms with E-state index in [9.17, 15) is 58.7 Å². The highest BCUT2D eigenvalue weighted by Crippen LogP contribution is 2.41. The minimum atomic E-state index is -4.62. The van der Waals surface area contributed by atoms with E-state index in [0.717, 1.165) is 64.8 Å². The number of hydrogen-bond acceptors (Lipinski definition) is 14. The Labute approximate surface area is 490 Å². The van der Waals surface area contributed by atoms with Crippen LogP contribution in [-0.4, -0.2) is 66.3 Å². The first-order valence-corrected chi connectivity index (χ1v) is 26.7. The van der Waals surface area contributed by atoms with Gasteiger partial charge in [0.25, 0.3) is 22.6 Å². The fourth-order valence-electron chi connectivity index (χ4n) is 8.66. The molecule has 8 aromatic rings. The van der Waals surface area contributed by atoms with Crippen molar-refractivity contribution in [1.82, 2.24) is 53.8 Å². The minimum absolute atomic E-state index is 0.000539. The molecule has 83 heavy (non-hydrogen) atoms. The third kappa shape index (κ3) is 15.3. The number of hydrogen-bond donors (Lipinski definition) is 3. The molecule has 0 saturated carbocycles. The number of amides is 1. The lowest BCUT2D eigenvalue weighted by atomic mass is 9.90. The number of nitrogen functional groups attached to an aromatic ring is 1. The molecule has 0 aromatic carbocycles. The van der Waals surface area contributed by atoms with Gasteiger partial charge in [-0.3, -0.25) is 24.1 Å². The van der Waals surface area contributed by atoms with Crippen molar-refractivity contribution in [3.8, 4) is 11.1 Å². The number of pyridine rings is 4. The van der Waals surface area contributed by atoms with E-state index in [0.29, 0.717) is 45.5 Å². The monoisotopic (exact) mass is 1350 g/mol. The predicted octanol–water partition coefficient (Wildman–Crippen LogP) is 10.8. The maximum atomic E-state index is 13.8. The number of anilines is 6. The van der Waals surface area contributed by atoms with Gasteiger partial charge in [0.2, 0.25) is 0 Å². The first kappa shape index (κ1) is 62.8. The molecule has 19 nitrogen and oxygen atoms in total. The Bertz CT molecular complexity index is 3840. The van der Waals surface area contributed by atoms with Crippen LogP contribution >= 0.6 is 47.8 Å². The van der Waals surface area contributed by atoms with Gasteiger partial charge in [0.05, 0.1) is 4.47 Å². The number of aromatic nitrogens is 11. The average molecular weight is 1360 g/mol. The lowest BCUT2D eigenvalue weighted by molar-refractivity contribution is -0.142. The van der Waals surface area contributed by atoms with E-state index in [1.807, 2.05) is 19.1 Å². The molecule has 1 amide bonds. The van der Waals surface area contributed by atoms with Gasteiger partial charge < -0.3 is 34.6 Å². The van der Waals surface area contributed by atoms with Crippen LogP contribution in [0.1, 0.15) is 65.2 Å². The van der Waals surface area contributed by atoms with Crippen LogP contribution in [0.5, 0.6) is 0 Å². The van der Waals surface area contributed by atoms with Crippen molar-refractivity contribution in [3.05, 3.63) is 176 Å². The average Bonchev–Trinajstić information content (AvgIpc) is 4.11. The highest BCUT2D eigenvalue weighted by molar-refractivity contribution is 9.11. The number of aryl methyl sites for hydroxylation is 3. The topological polar surface area (TPSA) is 232 Å². The van der Waals surface area contributed by atoms with Crippen LogP contribution < -0.4 is 37.9 Å². The van der Waals surface area contributed by atoms with Crippen LogP contribution in [0.2, 0.25) is 0 Å². The van der Waals surface area contributed by atoms with Gasteiger partial charge in [-0.05, 0) is 150 Å². The second kappa shape index (κ2) is 25.0. The number of carbonyl (C=O) groups is 1. The van der Waals surface area contributed by atoms with Gasteiger partial charge in [0, 0.05) is 84.8 Å². The van der Waals surface area contributed by atoms with Crippen LogP contribution in [0.4, 0.5) is 74.2 Å². The van der Waals surface area contributed by atoms with Gasteiger partial charge >= 0.3 is 18.5 Å². The zero-order valence-corrected chi connectivity index (χ0v) is 49.1. The number of halogens is 12. The summed E-state index contributed by atoms with van der Waals surface area (Å²) in [5.74, 6) is 0.508. The Kier molecular flexibility index (Phi) is 18.9. The van der Waals surface area contributed by atoms with Crippen LogP contribution in [0, 0.1) is 5.41 Å². The Morgan fingerprint density at radius 3 is 1.61 bits per heavy atom. The molecule has 2 aliphatic rings. The lowest BCUT2D eigenvalue weighted by Crippen LogP contribution is -2.41. The summed E-state index contributed by atoms with van der Waals surface area (Å²) >= 11 is 9.60. The highest BCUT2D eigenvalue weighted by Gasteiger charge is 2.38. The molecular weight excluding hydrogens is 1310 g/mol. The Hall–Kier alpha value is -7.80. The third-order valence-electron chi connectivity index (χ3n) is 12.4. The molecule has 0 fully saturated rings. The van der Waals surface area contributed by atoms with Crippen molar-refractivity contribution < 1.29 is 44.3 Å². The van der Waals surface area contributed by atoms with E-state index in [1.165, 1.54) is 31.0 Å². The molecule has 0 radical (unpaired) electrons. The minimum Gasteiger partial charge on any atom is -0.382 e. The quantitative estimate of drug-likeness (QED) is 0.126. The number of alkyl halides is 9. The van der Waals surface area contributed by atoms with E-state index in [-0.39, 0.29) is 51.3 Å². The molecule has 10 rings (SSSR count). The molecule has 31 heteroatoms. The summed E-state index contributed by atoms with van der Waals surface area (Å²) in [5.41, 5.74) is 7.00. The van der Waals surface area contributed by atoms with Gasteiger partial charge in [-0.25, -0.2) is 4.98 Å². The molecule has 1 aliphatic heterocycles. The summed E-state index contributed by atoms with van der Waals surface area (Å²) in [6.45, 7) is 7.65. The zero-order valence-electron chi connectivity index (χ0n) is 44.3. The van der Waals surface area contributed by atoms with Crippen molar-refractivity contribution in [1.29, 1.82) is 0 Å². The van der Waals surface area contributed by atoms with E-state index in [2.05, 4.69) is 112 Å². The summed E-state index contributed by atoms with van der Waals surface area (Å²) in [7, 11) is 4.85. The number of nitrogens with one attached hydrogen (secondary N) is 2. The largest absolute Gasteiger partial charge is 0.435 e. The Morgan fingerprint density at radius 1 is 0.614 bits per heavy atom. The molecule has 0 saturated heterocycles. The van der Waals surface area contributed by atoms with Gasteiger partial charge in [-0.2, -0.15) is 39.5 Å². The second-order valence-electron chi connectivity index (χ2n) is 19.3. The molecule has 4 N–H and O–H groups in total. The number of rotatable bonds is 7. The molecule has 9 heterocycles. The Balaban J connectivity index is 0.000000197. The molecule has 0 bridgehead atoms. The smallest absolute Gasteiger partial charge is 0.382 e. The standard InChI is InChI=1S/C30H30F3N7O2.C11H8BrF3N4O.C6H5Br2NO.C5H4F3N3/c1-5-19-20(18-12-21(27(41)38(4)16-18)35-25-7-6-24(36-37-25)30(31,32)33)8-9-34-26(19)40-11-10-39-22(28(40)42)13-17-14-29(2,3)15-23(17)39;1-19-5-6(12)4-7(10(19)20)16-9-3-2-8(17-18-9)11(13,14)15;1-9-3-4(7)2-5(8)6(9)10;6-5(7,8)3-1-2-4(9)11-10-3/h6-9,12-13,16H,5,10-11,14-15H2,1-4H3,(H,35,37);2-5H,1H3,(H,16,18);2-3H,1H3;1-2H,(H2,9,11). The van der Waals surface area contributed by atoms with Gasteiger partial charge in [-0.15, -0.1) is 30.6 Å². The summed E-state index contributed by atoms with van der Waals surface area (Å²) < 4.78 is 120. The fraction of sp³-hybridized carbons (Fsp3) is 0.288. The second-order valence-corrected chi connectivity index (χ2v) is 22.0. The molecular formula is C52H47Br3F9N15O4. The third-order valence-corrected chi connectivity index (χ3v) is 13.9. The molecule has 8 aromatic heterocycles. The number of fused-ring (bicyclic) bond motifs is 3. The predicted molar refractivity (Wildman–Crippen MR) is 300 cm³/mol. The maximum absolute atomic E-state index is 13.8. The normalized spacial score (nSPS) is 13.6. The first-order chi connectivity index (χ1) is 38.7. The van der Waals surface area contributed by atoms with Crippen LogP contribution in [0.15, 0.2) is 119 Å². The molecule has 0 spiro atoms. The number of carbonyl (C=O) groups excluding carboxylic acids is 1. The summed E-state index contributed by atoms with van der Waals surface area (Å²) in [5, 5.41) is 24.6. The van der Waals surface area contributed by atoms with Crippen molar-refractivity contribution in [2.45, 2.75) is 65.1 Å².